The standard InChI is InChI=1S/C14H14O3/c1-2-3-4-7-12(15)13-8-10-14(17-13)9-5-6-11-16-14/h8,10,13H,5-6,9,11H2,1H3/t13-,14-/m1/s1. The molecule has 1 fully saturated rings. The molecule has 0 saturated carbocycles. The third kappa shape index (κ3) is 2.77. The average Bonchev–Trinajstić information content (AvgIpc) is 2.74. The Labute approximate surface area is 101 Å². The predicted molar refractivity (Wildman–Crippen MR) is 62.8 cm³/mol. The second-order valence-corrected chi connectivity index (χ2v) is 4.00. The van der Waals surface area contributed by atoms with Gasteiger partial charge in [0.2, 0.25) is 5.78 Å². The highest BCUT2D eigenvalue weighted by atomic mass is 16.7. The average molecular weight is 230 g/mol. The summed E-state index contributed by atoms with van der Waals surface area (Å²) in [6.07, 6.45) is 5.85. The molecule has 17 heavy (non-hydrogen) atoms. The Kier molecular flexibility index (Phi) is 3.64. The lowest BCUT2D eigenvalue weighted by atomic mass is 10.1. The van der Waals surface area contributed by atoms with Crippen molar-refractivity contribution in [1.82, 2.24) is 0 Å². The zero-order valence-corrected chi connectivity index (χ0v) is 9.79. The smallest absolute Gasteiger partial charge is 0.239 e. The number of Topliss-reactive ketones (excluding diaryl/α,β-unsaturated/α-hetero) is 1. The molecule has 3 heteroatoms. The van der Waals surface area contributed by atoms with E-state index in [2.05, 4.69) is 23.7 Å². The fourth-order valence-electron chi connectivity index (χ4n) is 1.91. The summed E-state index contributed by atoms with van der Waals surface area (Å²) in [5.41, 5.74) is 0. The van der Waals surface area contributed by atoms with Gasteiger partial charge in [0, 0.05) is 6.42 Å². The van der Waals surface area contributed by atoms with Gasteiger partial charge in [-0.2, -0.15) is 0 Å². The minimum absolute atomic E-state index is 0.268. The first kappa shape index (κ1) is 11.9. The largest absolute Gasteiger partial charge is 0.346 e. The number of rotatable bonds is 1. The molecule has 0 aliphatic carbocycles. The number of hydrogen-bond acceptors (Lipinski definition) is 3. The van der Waals surface area contributed by atoms with Crippen molar-refractivity contribution in [1.29, 1.82) is 0 Å². The first-order chi connectivity index (χ1) is 8.26. The molecule has 2 atom stereocenters. The summed E-state index contributed by atoms with van der Waals surface area (Å²) in [5, 5.41) is 0. The molecule has 0 aromatic carbocycles. The monoisotopic (exact) mass is 230 g/mol. The molecular formula is C14H14O3. The summed E-state index contributed by atoms with van der Waals surface area (Å²) in [6.45, 7) is 2.36. The van der Waals surface area contributed by atoms with Crippen LogP contribution in [-0.2, 0) is 14.3 Å². The summed E-state index contributed by atoms with van der Waals surface area (Å²) in [4.78, 5) is 11.7. The highest BCUT2D eigenvalue weighted by Crippen LogP contribution is 2.33. The third-order valence-corrected chi connectivity index (χ3v) is 2.75. The van der Waals surface area contributed by atoms with Crippen LogP contribution in [0.4, 0.5) is 0 Å². The van der Waals surface area contributed by atoms with Crippen molar-refractivity contribution in [2.24, 2.45) is 0 Å². The van der Waals surface area contributed by atoms with Crippen LogP contribution in [0.5, 0.6) is 0 Å². The van der Waals surface area contributed by atoms with E-state index in [0.717, 1.165) is 19.3 Å². The van der Waals surface area contributed by atoms with E-state index >= 15 is 0 Å². The quantitative estimate of drug-likeness (QED) is 0.388. The van der Waals surface area contributed by atoms with Crippen LogP contribution in [0, 0.1) is 23.7 Å². The molecule has 3 nitrogen and oxygen atoms in total. The molecule has 2 aliphatic rings. The first-order valence-electron chi connectivity index (χ1n) is 5.73. The van der Waals surface area contributed by atoms with Crippen LogP contribution in [0.15, 0.2) is 12.2 Å². The summed E-state index contributed by atoms with van der Waals surface area (Å²) < 4.78 is 11.2. The van der Waals surface area contributed by atoms with Crippen molar-refractivity contribution in [2.45, 2.75) is 38.1 Å². The maximum atomic E-state index is 11.7. The van der Waals surface area contributed by atoms with Gasteiger partial charge in [-0.1, -0.05) is 5.92 Å². The van der Waals surface area contributed by atoms with Crippen LogP contribution in [0.3, 0.4) is 0 Å². The van der Waals surface area contributed by atoms with Gasteiger partial charge in [0.25, 0.3) is 0 Å². The molecule has 1 saturated heterocycles. The summed E-state index contributed by atoms with van der Waals surface area (Å²) in [5.74, 6) is 9.13. The lowest BCUT2D eigenvalue weighted by Gasteiger charge is -2.32. The van der Waals surface area contributed by atoms with Gasteiger partial charge in [-0.15, -0.1) is 0 Å². The Morgan fingerprint density at radius 3 is 3.00 bits per heavy atom. The minimum Gasteiger partial charge on any atom is -0.346 e. The Morgan fingerprint density at radius 2 is 2.29 bits per heavy atom. The van der Waals surface area contributed by atoms with Crippen molar-refractivity contribution < 1.29 is 14.3 Å². The SMILES string of the molecule is CC#CC#CC(=O)[C@H]1C=C[C@@]2(CCCCO2)O1. The van der Waals surface area contributed by atoms with Gasteiger partial charge in [-0.3, -0.25) is 4.79 Å². The molecular weight excluding hydrogens is 216 g/mol. The van der Waals surface area contributed by atoms with Crippen LogP contribution in [0.1, 0.15) is 26.2 Å². The fraction of sp³-hybridized carbons (Fsp3) is 0.500. The topological polar surface area (TPSA) is 35.5 Å². The minimum atomic E-state index is -0.684. The molecule has 0 radical (unpaired) electrons. The molecule has 0 aromatic heterocycles. The van der Waals surface area contributed by atoms with Crippen LogP contribution in [0.25, 0.3) is 0 Å². The van der Waals surface area contributed by atoms with Crippen LogP contribution in [-0.4, -0.2) is 24.3 Å². The molecule has 0 amide bonds. The van der Waals surface area contributed by atoms with E-state index in [9.17, 15) is 4.79 Å². The number of hydrogen-bond donors (Lipinski definition) is 0. The Hall–Kier alpha value is -1.55. The zero-order chi connectivity index (χ0) is 12.1. The summed E-state index contributed by atoms with van der Waals surface area (Å²) >= 11 is 0. The molecule has 2 heterocycles. The summed E-state index contributed by atoms with van der Waals surface area (Å²) in [7, 11) is 0. The van der Waals surface area contributed by atoms with Gasteiger partial charge in [0.15, 0.2) is 11.9 Å². The Morgan fingerprint density at radius 1 is 1.41 bits per heavy atom. The highest BCUT2D eigenvalue weighted by Gasteiger charge is 2.40. The van der Waals surface area contributed by atoms with Crippen molar-refractivity contribution >= 4 is 5.78 Å². The second-order valence-electron chi connectivity index (χ2n) is 4.00. The van der Waals surface area contributed by atoms with Crippen LogP contribution < -0.4 is 0 Å². The van der Waals surface area contributed by atoms with Crippen LogP contribution >= 0.6 is 0 Å². The predicted octanol–water partition coefficient (Wildman–Crippen LogP) is 1.43. The van der Waals surface area contributed by atoms with Gasteiger partial charge >= 0.3 is 0 Å². The van der Waals surface area contributed by atoms with Crippen molar-refractivity contribution in [2.75, 3.05) is 6.61 Å². The number of ketones is 1. The van der Waals surface area contributed by atoms with E-state index < -0.39 is 11.9 Å². The van der Waals surface area contributed by atoms with E-state index in [4.69, 9.17) is 9.47 Å². The van der Waals surface area contributed by atoms with Gasteiger partial charge in [-0.05, 0) is 49.7 Å². The van der Waals surface area contributed by atoms with E-state index in [1.807, 2.05) is 6.08 Å². The normalized spacial score (nSPS) is 30.3. The van der Waals surface area contributed by atoms with E-state index in [1.165, 1.54) is 0 Å². The van der Waals surface area contributed by atoms with Crippen molar-refractivity contribution in [3.63, 3.8) is 0 Å². The molecule has 0 N–H and O–H groups in total. The van der Waals surface area contributed by atoms with Crippen molar-refractivity contribution in [3.05, 3.63) is 12.2 Å². The molecule has 1 spiro atoms. The maximum Gasteiger partial charge on any atom is 0.239 e. The number of ether oxygens (including phenoxy) is 2. The van der Waals surface area contributed by atoms with Gasteiger partial charge in [-0.25, -0.2) is 0 Å². The molecule has 0 aromatic rings. The van der Waals surface area contributed by atoms with Crippen LogP contribution in [0.2, 0.25) is 0 Å². The zero-order valence-electron chi connectivity index (χ0n) is 9.79. The van der Waals surface area contributed by atoms with Gasteiger partial charge in [0.1, 0.15) is 0 Å². The van der Waals surface area contributed by atoms with E-state index in [-0.39, 0.29) is 5.78 Å². The van der Waals surface area contributed by atoms with Crippen molar-refractivity contribution in [3.8, 4) is 23.7 Å². The molecule has 0 bridgehead atoms. The lowest BCUT2D eigenvalue weighted by Crippen LogP contribution is -2.37. The molecule has 0 unspecified atom stereocenters. The Balaban J connectivity index is 1.98. The number of carbonyl (C=O) groups excluding carboxylic acids is 1. The van der Waals surface area contributed by atoms with Gasteiger partial charge in [0.05, 0.1) is 6.61 Å². The van der Waals surface area contributed by atoms with E-state index in [1.54, 1.807) is 13.0 Å². The molecule has 88 valence electrons. The summed E-state index contributed by atoms with van der Waals surface area (Å²) in [6, 6.07) is 0. The van der Waals surface area contributed by atoms with E-state index in [0.29, 0.717) is 6.61 Å². The van der Waals surface area contributed by atoms with Gasteiger partial charge < -0.3 is 9.47 Å². The number of carbonyl (C=O) groups is 1. The highest BCUT2D eigenvalue weighted by molar-refractivity contribution is 6.01. The third-order valence-electron chi connectivity index (χ3n) is 2.75. The molecule has 2 rings (SSSR count). The first-order valence-corrected chi connectivity index (χ1v) is 5.73. The Bertz CT molecular complexity index is 447. The maximum absolute atomic E-state index is 11.7. The lowest BCUT2D eigenvalue weighted by molar-refractivity contribution is -0.223. The second kappa shape index (κ2) is 5.19. The fourth-order valence-corrected chi connectivity index (χ4v) is 1.91. The molecule has 2 aliphatic heterocycles.